The molecule has 102 valence electrons. The molecule has 0 aliphatic carbocycles. The van der Waals surface area contributed by atoms with Gasteiger partial charge < -0.3 is 11.1 Å². The van der Waals surface area contributed by atoms with Crippen molar-refractivity contribution in [2.45, 2.75) is 29.8 Å². The number of anilines is 2. The summed E-state index contributed by atoms with van der Waals surface area (Å²) < 4.78 is 0. The van der Waals surface area contributed by atoms with Gasteiger partial charge in [-0.15, -0.1) is 0 Å². The minimum atomic E-state index is 0.0463. The third kappa shape index (κ3) is 2.60. The van der Waals surface area contributed by atoms with Gasteiger partial charge in [0, 0.05) is 34.6 Å². The van der Waals surface area contributed by atoms with E-state index in [9.17, 15) is 4.79 Å². The number of nitrogens with one attached hydrogen (secondary N) is 1. The third-order valence-corrected chi connectivity index (χ3v) is 4.06. The first-order chi connectivity index (χ1) is 9.61. The molecular formula is C14H14N4OS. The summed E-state index contributed by atoms with van der Waals surface area (Å²) in [5.41, 5.74) is 9.59. The average Bonchev–Trinajstić information content (AvgIpc) is 2.40. The minimum Gasteiger partial charge on any atom is -0.398 e. The van der Waals surface area contributed by atoms with Crippen molar-refractivity contribution in [1.82, 2.24) is 9.97 Å². The van der Waals surface area contributed by atoms with E-state index in [-0.39, 0.29) is 5.91 Å². The molecule has 0 bridgehead atoms. The maximum absolute atomic E-state index is 11.5. The quantitative estimate of drug-likeness (QED) is 0.654. The number of nitrogens with zero attached hydrogens (tertiary/aromatic N) is 2. The van der Waals surface area contributed by atoms with Gasteiger partial charge >= 0.3 is 0 Å². The lowest BCUT2D eigenvalue weighted by Crippen LogP contribution is -2.19. The van der Waals surface area contributed by atoms with E-state index >= 15 is 0 Å². The fraction of sp³-hybridized carbons (Fsp3) is 0.214. The van der Waals surface area contributed by atoms with Crippen LogP contribution in [0.4, 0.5) is 11.4 Å². The number of nitrogens with two attached hydrogens (primary N) is 1. The zero-order chi connectivity index (χ0) is 14.1. The second-order valence-corrected chi connectivity index (χ2v) is 5.69. The number of rotatable bonds is 2. The highest BCUT2D eigenvalue weighted by Crippen LogP contribution is 2.35. The maximum atomic E-state index is 11.5. The van der Waals surface area contributed by atoms with E-state index in [0.717, 1.165) is 28.3 Å². The summed E-state index contributed by atoms with van der Waals surface area (Å²) in [6.07, 6.45) is 2.97. The van der Waals surface area contributed by atoms with E-state index in [2.05, 4.69) is 15.3 Å². The highest BCUT2D eigenvalue weighted by Gasteiger charge is 2.17. The Labute approximate surface area is 121 Å². The molecule has 2 heterocycles. The summed E-state index contributed by atoms with van der Waals surface area (Å²) in [7, 11) is 0. The van der Waals surface area contributed by atoms with Gasteiger partial charge in [-0.1, -0.05) is 0 Å². The first kappa shape index (κ1) is 12.9. The van der Waals surface area contributed by atoms with Gasteiger partial charge in [-0.3, -0.25) is 4.79 Å². The molecule has 2 aromatic rings. The van der Waals surface area contributed by atoms with Crippen LogP contribution < -0.4 is 11.1 Å². The Kier molecular flexibility index (Phi) is 3.31. The van der Waals surface area contributed by atoms with Crippen LogP contribution in [0.25, 0.3) is 0 Å². The number of carbonyl (C=O) groups excluding carboxylic acids is 1. The summed E-state index contributed by atoms with van der Waals surface area (Å²) >= 11 is 1.40. The fourth-order valence-electron chi connectivity index (χ4n) is 2.09. The molecule has 5 nitrogen and oxygen atoms in total. The first-order valence-electron chi connectivity index (χ1n) is 6.31. The molecule has 1 aromatic carbocycles. The van der Waals surface area contributed by atoms with Crippen molar-refractivity contribution in [3.05, 3.63) is 35.7 Å². The number of hydrogen-bond donors (Lipinski definition) is 2. The first-order valence-corrected chi connectivity index (χ1v) is 7.13. The number of benzene rings is 1. The van der Waals surface area contributed by atoms with Gasteiger partial charge in [0.25, 0.3) is 0 Å². The van der Waals surface area contributed by atoms with E-state index in [1.165, 1.54) is 11.8 Å². The smallest absolute Gasteiger partial charge is 0.224 e. The van der Waals surface area contributed by atoms with Gasteiger partial charge in [0.05, 0.1) is 0 Å². The van der Waals surface area contributed by atoms with Gasteiger partial charge in [-0.05, 0) is 48.9 Å². The van der Waals surface area contributed by atoms with E-state index in [1.807, 2.05) is 25.1 Å². The lowest BCUT2D eigenvalue weighted by molar-refractivity contribution is -0.116. The Hall–Kier alpha value is -2.08. The predicted octanol–water partition coefficient (Wildman–Crippen LogP) is 2.40. The Morgan fingerprint density at radius 1 is 1.35 bits per heavy atom. The lowest BCUT2D eigenvalue weighted by Gasteiger charge is -2.18. The van der Waals surface area contributed by atoms with E-state index < -0.39 is 0 Å². The second kappa shape index (κ2) is 5.13. The highest BCUT2D eigenvalue weighted by atomic mass is 32.2. The average molecular weight is 286 g/mol. The largest absolute Gasteiger partial charge is 0.398 e. The number of carbonyl (C=O) groups is 1. The number of fused-ring (bicyclic) bond motifs is 1. The Morgan fingerprint density at radius 2 is 2.20 bits per heavy atom. The van der Waals surface area contributed by atoms with Crippen LogP contribution in [0.3, 0.4) is 0 Å². The summed E-state index contributed by atoms with van der Waals surface area (Å²) in [5.74, 6) is 0.0463. The molecule has 0 fully saturated rings. The van der Waals surface area contributed by atoms with Crippen LogP contribution in [0.2, 0.25) is 0 Å². The zero-order valence-corrected chi connectivity index (χ0v) is 11.8. The van der Waals surface area contributed by atoms with Crippen molar-refractivity contribution in [3.8, 4) is 0 Å². The molecule has 6 heteroatoms. The van der Waals surface area contributed by atoms with Crippen molar-refractivity contribution in [3.63, 3.8) is 0 Å². The molecule has 0 radical (unpaired) electrons. The number of aryl methyl sites for hydroxylation is 2. The molecule has 3 rings (SSSR count). The van der Waals surface area contributed by atoms with E-state index in [0.29, 0.717) is 17.3 Å². The van der Waals surface area contributed by atoms with Gasteiger partial charge in [-0.25, -0.2) is 9.97 Å². The monoisotopic (exact) mass is 286 g/mol. The molecular weight excluding hydrogens is 272 g/mol. The van der Waals surface area contributed by atoms with Crippen LogP contribution in [0.5, 0.6) is 0 Å². The van der Waals surface area contributed by atoms with Crippen LogP contribution in [-0.4, -0.2) is 15.9 Å². The van der Waals surface area contributed by atoms with Crippen molar-refractivity contribution in [2.24, 2.45) is 0 Å². The summed E-state index contributed by atoms with van der Waals surface area (Å²) in [6.45, 7) is 1.92. The fourth-order valence-corrected chi connectivity index (χ4v) is 2.94. The summed E-state index contributed by atoms with van der Waals surface area (Å²) in [6, 6.07) is 5.67. The standard InChI is InChI=1S/C14H14N4OS/c1-8-4-5-16-14(17-8)20-12-7-11-9(6-10(12)15)2-3-13(19)18-11/h4-7H,2-3,15H2,1H3,(H,18,19). The molecule has 0 saturated heterocycles. The van der Waals surface area contributed by atoms with Crippen LogP contribution in [0.15, 0.2) is 34.4 Å². The van der Waals surface area contributed by atoms with Crippen LogP contribution >= 0.6 is 11.8 Å². The van der Waals surface area contributed by atoms with Crippen molar-refractivity contribution >= 4 is 29.0 Å². The van der Waals surface area contributed by atoms with Crippen LogP contribution in [0, 0.1) is 6.92 Å². The molecule has 1 amide bonds. The molecule has 1 aliphatic heterocycles. The molecule has 1 aromatic heterocycles. The van der Waals surface area contributed by atoms with Crippen molar-refractivity contribution in [1.29, 1.82) is 0 Å². The Morgan fingerprint density at radius 3 is 3.00 bits per heavy atom. The van der Waals surface area contributed by atoms with Crippen molar-refractivity contribution in [2.75, 3.05) is 11.1 Å². The zero-order valence-electron chi connectivity index (χ0n) is 11.0. The van der Waals surface area contributed by atoms with Crippen LogP contribution in [-0.2, 0) is 11.2 Å². The lowest BCUT2D eigenvalue weighted by atomic mass is 10.0. The number of amides is 1. The molecule has 3 N–H and O–H groups in total. The number of nitrogen functional groups attached to an aromatic ring is 1. The SMILES string of the molecule is Cc1ccnc(Sc2cc3c(cc2N)CCC(=O)N3)n1. The second-order valence-electron chi connectivity index (χ2n) is 4.68. The minimum absolute atomic E-state index is 0.0463. The van der Waals surface area contributed by atoms with Gasteiger partial charge in [0.1, 0.15) is 0 Å². The highest BCUT2D eigenvalue weighted by molar-refractivity contribution is 7.99. The molecule has 0 atom stereocenters. The topological polar surface area (TPSA) is 80.9 Å². The molecule has 0 unspecified atom stereocenters. The van der Waals surface area contributed by atoms with Gasteiger partial charge in [-0.2, -0.15) is 0 Å². The summed E-state index contributed by atoms with van der Waals surface area (Å²) in [4.78, 5) is 20.9. The summed E-state index contributed by atoms with van der Waals surface area (Å²) in [5, 5.41) is 3.53. The number of hydrogen-bond acceptors (Lipinski definition) is 5. The van der Waals surface area contributed by atoms with Crippen molar-refractivity contribution < 1.29 is 4.79 Å². The van der Waals surface area contributed by atoms with Gasteiger partial charge in [0.2, 0.25) is 5.91 Å². The molecule has 1 aliphatic rings. The third-order valence-electron chi connectivity index (χ3n) is 3.11. The normalized spacial score (nSPS) is 13.8. The molecule has 0 spiro atoms. The Bertz CT molecular complexity index is 687. The van der Waals surface area contributed by atoms with E-state index in [4.69, 9.17) is 5.73 Å². The molecule has 20 heavy (non-hydrogen) atoms. The maximum Gasteiger partial charge on any atom is 0.224 e. The van der Waals surface area contributed by atoms with E-state index in [1.54, 1.807) is 6.20 Å². The van der Waals surface area contributed by atoms with Gasteiger partial charge in [0.15, 0.2) is 5.16 Å². The molecule has 0 saturated carbocycles. The van der Waals surface area contributed by atoms with Crippen LogP contribution in [0.1, 0.15) is 17.7 Å². The number of aromatic nitrogens is 2. The Balaban J connectivity index is 1.94. The predicted molar refractivity (Wildman–Crippen MR) is 78.7 cm³/mol.